The molecular formula is C16H15ClF3NO4. The molecule has 0 spiro atoms. The molecule has 25 heavy (non-hydrogen) atoms. The van der Waals surface area contributed by atoms with E-state index in [1.807, 2.05) is 0 Å². The maximum atomic E-state index is 12.8. The van der Waals surface area contributed by atoms with Crippen molar-refractivity contribution in [1.82, 2.24) is 4.90 Å². The van der Waals surface area contributed by atoms with Crippen LogP contribution in [0.4, 0.5) is 13.2 Å². The summed E-state index contributed by atoms with van der Waals surface area (Å²) in [6.45, 7) is 0.605. The largest absolute Gasteiger partial charge is 0.481 e. The molecule has 0 saturated carbocycles. The molecule has 1 amide bonds. The molecule has 0 bridgehead atoms. The molecule has 1 atom stereocenters. The zero-order valence-corrected chi connectivity index (χ0v) is 13.7. The highest BCUT2D eigenvalue weighted by atomic mass is 35.5. The van der Waals surface area contributed by atoms with E-state index in [9.17, 15) is 22.8 Å². The van der Waals surface area contributed by atoms with E-state index < -0.39 is 34.7 Å². The third-order valence-electron chi connectivity index (χ3n) is 3.57. The zero-order valence-electron chi connectivity index (χ0n) is 12.9. The fraction of sp³-hybridized carbons (Fsp3) is 0.375. The minimum atomic E-state index is -4.58. The Kier molecular flexibility index (Phi) is 6.07. The molecule has 1 aromatic carbocycles. The molecule has 1 heterocycles. The van der Waals surface area contributed by atoms with E-state index in [0.717, 1.165) is 18.2 Å². The Hall–Kier alpha value is -2.06. The SMILES string of the molecule is O=C(O)CC1CN(C(=O)/C=C/c2ccc(Cl)c(C(F)(F)F)c2)CCO1. The van der Waals surface area contributed by atoms with Gasteiger partial charge >= 0.3 is 12.1 Å². The number of carboxylic acid groups (broad SMARTS) is 1. The molecule has 1 fully saturated rings. The first-order valence-corrected chi connectivity index (χ1v) is 7.71. The van der Waals surface area contributed by atoms with Crippen LogP contribution in [0.1, 0.15) is 17.5 Å². The van der Waals surface area contributed by atoms with Crippen LogP contribution in [-0.4, -0.2) is 47.7 Å². The minimum absolute atomic E-state index is 0.115. The molecule has 1 aromatic rings. The number of morpholine rings is 1. The van der Waals surface area contributed by atoms with Crippen molar-refractivity contribution < 1.29 is 32.6 Å². The third kappa shape index (κ3) is 5.47. The molecule has 1 saturated heterocycles. The van der Waals surface area contributed by atoms with Gasteiger partial charge in [-0.1, -0.05) is 17.7 Å². The summed E-state index contributed by atoms with van der Waals surface area (Å²) in [6, 6.07) is 3.35. The van der Waals surface area contributed by atoms with Crippen LogP contribution in [-0.2, 0) is 20.5 Å². The second-order valence-electron chi connectivity index (χ2n) is 5.45. The number of carbonyl (C=O) groups excluding carboxylic acids is 1. The fourth-order valence-electron chi connectivity index (χ4n) is 2.37. The van der Waals surface area contributed by atoms with Gasteiger partial charge < -0.3 is 14.7 Å². The monoisotopic (exact) mass is 377 g/mol. The number of rotatable bonds is 4. The maximum absolute atomic E-state index is 12.8. The predicted molar refractivity (Wildman–Crippen MR) is 84.1 cm³/mol. The number of halogens is 4. The van der Waals surface area contributed by atoms with Crippen molar-refractivity contribution >= 4 is 29.6 Å². The second-order valence-corrected chi connectivity index (χ2v) is 5.85. The molecular weight excluding hydrogens is 363 g/mol. The number of carboxylic acids is 1. The van der Waals surface area contributed by atoms with E-state index in [1.165, 1.54) is 17.0 Å². The Bertz CT molecular complexity index is 690. The average Bonchev–Trinajstić information content (AvgIpc) is 2.52. The van der Waals surface area contributed by atoms with Gasteiger partial charge in [-0.3, -0.25) is 9.59 Å². The third-order valence-corrected chi connectivity index (χ3v) is 3.90. The summed E-state index contributed by atoms with van der Waals surface area (Å²) in [4.78, 5) is 24.2. The van der Waals surface area contributed by atoms with Crippen LogP contribution in [0.2, 0.25) is 5.02 Å². The highest BCUT2D eigenvalue weighted by Gasteiger charge is 2.33. The van der Waals surface area contributed by atoms with E-state index >= 15 is 0 Å². The zero-order chi connectivity index (χ0) is 18.6. The lowest BCUT2D eigenvalue weighted by atomic mass is 10.1. The normalized spacial score (nSPS) is 18.6. The number of hydrogen-bond donors (Lipinski definition) is 1. The van der Waals surface area contributed by atoms with Crippen LogP contribution in [0, 0.1) is 0 Å². The molecule has 5 nitrogen and oxygen atoms in total. The highest BCUT2D eigenvalue weighted by Crippen LogP contribution is 2.35. The number of ether oxygens (including phenoxy) is 1. The van der Waals surface area contributed by atoms with Gasteiger partial charge in [-0.25, -0.2) is 0 Å². The van der Waals surface area contributed by atoms with E-state index in [-0.39, 0.29) is 31.7 Å². The van der Waals surface area contributed by atoms with Crippen LogP contribution in [0.5, 0.6) is 0 Å². The minimum Gasteiger partial charge on any atom is -0.481 e. The van der Waals surface area contributed by atoms with Crippen LogP contribution in [0.3, 0.4) is 0 Å². The van der Waals surface area contributed by atoms with Gasteiger partial charge in [-0.05, 0) is 23.8 Å². The molecule has 1 aliphatic rings. The summed E-state index contributed by atoms with van der Waals surface area (Å²) in [5.41, 5.74) is -0.794. The van der Waals surface area contributed by atoms with Crippen molar-refractivity contribution in [3.63, 3.8) is 0 Å². The van der Waals surface area contributed by atoms with Crippen molar-refractivity contribution in [3.05, 3.63) is 40.4 Å². The van der Waals surface area contributed by atoms with Crippen LogP contribution in [0.25, 0.3) is 6.08 Å². The molecule has 2 rings (SSSR count). The first-order chi connectivity index (χ1) is 11.7. The van der Waals surface area contributed by atoms with Gasteiger partial charge in [0, 0.05) is 19.2 Å². The smallest absolute Gasteiger partial charge is 0.417 e. The summed E-state index contributed by atoms with van der Waals surface area (Å²) < 4.78 is 43.7. The Balaban J connectivity index is 2.06. The van der Waals surface area contributed by atoms with Gasteiger partial charge in [0.15, 0.2) is 0 Å². The first kappa shape index (κ1) is 19.3. The average molecular weight is 378 g/mol. The summed E-state index contributed by atoms with van der Waals surface area (Å²) in [5, 5.41) is 8.34. The van der Waals surface area contributed by atoms with Gasteiger partial charge in [0.1, 0.15) is 0 Å². The van der Waals surface area contributed by atoms with Crippen molar-refractivity contribution in [1.29, 1.82) is 0 Å². The highest BCUT2D eigenvalue weighted by molar-refractivity contribution is 6.31. The maximum Gasteiger partial charge on any atom is 0.417 e. The standard InChI is InChI=1S/C16H15ClF3NO4/c17-13-3-1-10(7-12(13)16(18,19)20)2-4-14(22)21-5-6-25-11(9-21)8-15(23)24/h1-4,7,11H,5-6,8-9H2,(H,23,24)/b4-2+. The molecule has 1 N–H and O–H groups in total. The van der Waals surface area contributed by atoms with Crippen molar-refractivity contribution in [2.75, 3.05) is 19.7 Å². The quantitative estimate of drug-likeness (QED) is 0.819. The first-order valence-electron chi connectivity index (χ1n) is 7.34. The van der Waals surface area contributed by atoms with Gasteiger partial charge in [0.05, 0.1) is 29.7 Å². The van der Waals surface area contributed by atoms with E-state index in [1.54, 1.807) is 0 Å². The Morgan fingerprint density at radius 3 is 2.76 bits per heavy atom. The van der Waals surface area contributed by atoms with Gasteiger partial charge in [0.25, 0.3) is 0 Å². The van der Waals surface area contributed by atoms with Crippen molar-refractivity contribution in [3.8, 4) is 0 Å². The topological polar surface area (TPSA) is 66.8 Å². The Labute approximate surface area is 146 Å². The molecule has 9 heteroatoms. The van der Waals surface area contributed by atoms with Crippen molar-refractivity contribution in [2.24, 2.45) is 0 Å². The van der Waals surface area contributed by atoms with Crippen LogP contribution < -0.4 is 0 Å². The van der Waals surface area contributed by atoms with Crippen LogP contribution in [0.15, 0.2) is 24.3 Å². The van der Waals surface area contributed by atoms with Gasteiger partial charge in [0.2, 0.25) is 5.91 Å². The van der Waals surface area contributed by atoms with E-state index in [2.05, 4.69) is 0 Å². The van der Waals surface area contributed by atoms with Gasteiger partial charge in [-0.2, -0.15) is 13.2 Å². The lowest BCUT2D eigenvalue weighted by Crippen LogP contribution is -2.45. The van der Waals surface area contributed by atoms with E-state index in [0.29, 0.717) is 0 Å². The number of amides is 1. The van der Waals surface area contributed by atoms with Crippen LogP contribution >= 0.6 is 11.6 Å². The number of hydrogen-bond acceptors (Lipinski definition) is 3. The van der Waals surface area contributed by atoms with E-state index in [4.69, 9.17) is 21.4 Å². The Morgan fingerprint density at radius 2 is 2.12 bits per heavy atom. The number of benzene rings is 1. The summed E-state index contributed by atoms with van der Waals surface area (Å²) in [6.07, 6.45) is -3.00. The van der Waals surface area contributed by atoms with Crippen molar-refractivity contribution in [2.45, 2.75) is 18.7 Å². The lowest BCUT2D eigenvalue weighted by Gasteiger charge is -2.31. The summed E-state index contributed by atoms with van der Waals surface area (Å²) >= 11 is 5.54. The molecule has 136 valence electrons. The predicted octanol–water partition coefficient (Wildman–Crippen LogP) is 3.07. The number of alkyl halides is 3. The molecule has 0 aromatic heterocycles. The molecule has 1 aliphatic heterocycles. The fourth-order valence-corrected chi connectivity index (χ4v) is 2.60. The number of aliphatic carboxylic acids is 1. The number of nitrogens with zero attached hydrogens (tertiary/aromatic N) is 1. The summed E-state index contributed by atoms with van der Waals surface area (Å²) in [5.74, 6) is -1.46. The second kappa shape index (κ2) is 7.88. The molecule has 0 aliphatic carbocycles. The summed E-state index contributed by atoms with van der Waals surface area (Å²) in [7, 11) is 0. The molecule has 1 unspecified atom stereocenters. The lowest BCUT2D eigenvalue weighted by molar-refractivity contribution is -0.145. The Morgan fingerprint density at radius 1 is 1.40 bits per heavy atom. The van der Waals surface area contributed by atoms with Gasteiger partial charge in [-0.15, -0.1) is 0 Å². The number of carbonyl (C=O) groups is 2. The molecule has 0 radical (unpaired) electrons.